The standard InChI is InChI=1S/C31H38N2O7/c1-5-30(39-18-19-40-30)14-7-6-8-15-31(29(35)38-17-16-34,27-10-9-11-28(33-27)37-4)24-20-23-13-12-22(2)32-25(23)21-26(24)36-3/h9-13,16,20-21H,5-8,14-15,17-19H2,1-4H3. The maximum absolute atomic E-state index is 14.1. The zero-order chi connectivity index (χ0) is 28.6. The molecule has 0 radical (unpaired) electrons. The van der Waals surface area contributed by atoms with Crippen molar-refractivity contribution in [2.45, 2.75) is 63.6 Å². The number of nitrogens with zero attached hydrogens (tertiary/aromatic N) is 2. The number of carbonyl (C=O) groups excluding carboxylic acids is 2. The van der Waals surface area contributed by atoms with Crippen molar-refractivity contribution in [3.63, 3.8) is 0 Å². The number of pyridine rings is 2. The van der Waals surface area contributed by atoms with Gasteiger partial charge in [0.05, 0.1) is 38.6 Å². The van der Waals surface area contributed by atoms with E-state index in [2.05, 4.69) is 11.9 Å². The lowest BCUT2D eigenvalue weighted by Crippen LogP contribution is -2.40. The second kappa shape index (κ2) is 13.2. The van der Waals surface area contributed by atoms with Crippen molar-refractivity contribution in [1.82, 2.24) is 9.97 Å². The predicted octanol–water partition coefficient (Wildman–Crippen LogP) is 5.09. The zero-order valence-electron chi connectivity index (χ0n) is 23.7. The fourth-order valence-corrected chi connectivity index (χ4v) is 5.46. The van der Waals surface area contributed by atoms with Gasteiger partial charge in [-0.2, -0.15) is 0 Å². The summed E-state index contributed by atoms with van der Waals surface area (Å²) in [6, 6.07) is 12.9. The van der Waals surface area contributed by atoms with Gasteiger partial charge in [-0.1, -0.05) is 31.9 Å². The van der Waals surface area contributed by atoms with Gasteiger partial charge < -0.3 is 23.7 Å². The van der Waals surface area contributed by atoms with Crippen LogP contribution in [0.5, 0.6) is 11.6 Å². The summed E-state index contributed by atoms with van der Waals surface area (Å²) in [5.41, 5.74) is 1.29. The molecule has 3 heterocycles. The molecular weight excluding hydrogens is 512 g/mol. The number of hydrogen-bond donors (Lipinski definition) is 0. The van der Waals surface area contributed by atoms with E-state index in [1.807, 2.05) is 31.2 Å². The highest BCUT2D eigenvalue weighted by Crippen LogP contribution is 2.44. The molecule has 0 N–H and O–H groups in total. The number of carbonyl (C=O) groups is 2. The van der Waals surface area contributed by atoms with Gasteiger partial charge in [-0.15, -0.1) is 0 Å². The Morgan fingerprint density at radius 2 is 1.85 bits per heavy atom. The molecule has 2 aromatic heterocycles. The maximum atomic E-state index is 14.1. The minimum Gasteiger partial charge on any atom is -0.496 e. The number of fused-ring (bicyclic) bond motifs is 1. The van der Waals surface area contributed by atoms with Gasteiger partial charge in [0.1, 0.15) is 17.8 Å². The van der Waals surface area contributed by atoms with Crippen molar-refractivity contribution in [2.75, 3.05) is 34.0 Å². The Kier molecular flexibility index (Phi) is 9.71. The first-order valence-electron chi connectivity index (χ1n) is 13.8. The second-order valence-electron chi connectivity index (χ2n) is 9.96. The van der Waals surface area contributed by atoms with Crippen LogP contribution in [0.15, 0.2) is 42.5 Å². The van der Waals surface area contributed by atoms with Gasteiger partial charge >= 0.3 is 5.97 Å². The highest BCUT2D eigenvalue weighted by molar-refractivity contribution is 5.92. The zero-order valence-corrected chi connectivity index (χ0v) is 23.7. The van der Waals surface area contributed by atoms with Crippen LogP contribution in [0.3, 0.4) is 0 Å². The summed E-state index contributed by atoms with van der Waals surface area (Å²) in [6.45, 7) is 4.84. The fraction of sp³-hybridized carbons (Fsp3) is 0.484. The SMILES string of the molecule is CCC1(CCCCCC(C(=O)OCC=O)(c2cccc(OC)n2)c2cc3ccc(C)nc3cc2OC)OCCO1. The monoisotopic (exact) mass is 550 g/mol. The average Bonchev–Trinajstić information content (AvgIpc) is 3.46. The lowest BCUT2D eigenvalue weighted by molar-refractivity contribution is -0.164. The Bertz CT molecular complexity index is 1320. The van der Waals surface area contributed by atoms with E-state index < -0.39 is 17.2 Å². The Labute approximate surface area is 235 Å². The molecule has 1 atom stereocenters. The summed E-state index contributed by atoms with van der Waals surface area (Å²) in [6.07, 6.45) is 4.83. The smallest absolute Gasteiger partial charge is 0.323 e. The van der Waals surface area contributed by atoms with Crippen LogP contribution in [0.1, 0.15) is 62.4 Å². The van der Waals surface area contributed by atoms with Gasteiger partial charge in [0, 0.05) is 35.2 Å². The highest BCUT2D eigenvalue weighted by atomic mass is 16.7. The van der Waals surface area contributed by atoms with E-state index >= 15 is 0 Å². The van der Waals surface area contributed by atoms with Crippen molar-refractivity contribution in [3.05, 3.63) is 59.4 Å². The molecule has 1 fully saturated rings. The summed E-state index contributed by atoms with van der Waals surface area (Å²) < 4.78 is 28.6. The van der Waals surface area contributed by atoms with Crippen LogP contribution in [-0.2, 0) is 29.2 Å². The topological polar surface area (TPSA) is 106 Å². The predicted molar refractivity (Wildman–Crippen MR) is 150 cm³/mol. The first kappa shape index (κ1) is 29.4. The molecule has 40 heavy (non-hydrogen) atoms. The lowest BCUT2D eigenvalue weighted by atomic mass is 9.72. The third-order valence-corrected chi connectivity index (χ3v) is 7.57. The molecule has 1 unspecified atom stereocenters. The van der Waals surface area contributed by atoms with Crippen LogP contribution in [0.2, 0.25) is 0 Å². The highest BCUT2D eigenvalue weighted by Gasteiger charge is 2.47. The third kappa shape index (κ3) is 6.10. The minimum atomic E-state index is -1.37. The van der Waals surface area contributed by atoms with Crippen molar-refractivity contribution in [3.8, 4) is 11.6 Å². The van der Waals surface area contributed by atoms with Gasteiger partial charge in [0.25, 0.3) is 0 Å². The minimum absolute atomic E-state index is 0.363. The van der Waals surface area contributed by atoms with E-state index in [0.29, 0.717) is 55.2 Å². The number of aryl methyl sites for hydroxylation is 1. The van der Waals surface area contributed by atoms with Gasteiger partial charge in [0.15, 0.2) is 12.1 Å². The quantitative estimate of drug-likeness (QED) is 0.154. The number of aldehydes is 1. The fourth-order valence-electron chi connectivity index (χ4n) is 5.46. The van der Waals surface area contributed by atoms with Gasteiger partial charge in [-0.25, -0.2) is 4.98 Å². The van der Waals surface area contributed by atoms with E-state index in [9.17, 15) is 9.59 Å². The van der Waals surface area contributed by atoms with Crippen LogP contribution in [0.25, 0.3) is 10.9 Å². The molecule has 0 saturated carbocycles. The van der Waals surface area contributed by atoms with E-state index in [1.165, 1.54) is 7.11 Å². The van der Waals surface area contributed by atoms with Crippen LogP contribution in [-0.4, -0.2) is 62.1 Å². The number of esters is 1. The molecule has 1 aliphatic heterocycles. The van der Waals surface area contributed by atoms with Crippen molar-refractivity contribution >= 4 is 23.2 Å². The van der Waals surface area contributed by atoms with Crippen LogP contribution in [0.4, 0.5) is 0 Å². The molecular formula is C31H38N2O7. The normalized spacial score (nSPS) is 15.9. The Hall–Kier alpha value is -3.56. The van der Waals surface area contributed by atoms with E-state index in [1.54, 1.807) is 25.3 Å². The van der Waals surface area contributed by atoms with Crippen molar-refractivity contribution < 1.29 is 33.3 Å². The molecule has 9 nitrogen and oxygen atoms in total. The molecule has 4 rings (SSSR count). The molecule has 1 saturated heterocycles. The molecule has 9 heteroatoms. The number of benzene rings is 1. The number of methoxy groups -OCH3 is 2. The average molecular weight is 551 g/mol. The first-order chi connectivity index (χ1) is 19.4. The second-order valence-corrected chi connectivity index (χ2v) is 9.96. The molecule has 0 amide bonds. The summed E-state index contributed by atoms with van der Waals surface area (Å²) >= 11 is 0. The Morgan fingerprint density at radius 1 is 1.05 bits per heavy atom. The van der Waals surface area contributed by atoms with Gasteiger partial charge in [-0.05, 0) is 44.4 Å². The van der Waals surface area contributed by atoms with Crippen LogP contribution in [0, 0.1) is 6.92 Å². The van der Waals surface area contributed by atoms with Crippen LogP contribution >= 0.6 is 0 Å². The van der Waals surface area contributed by atoms with Crippen LogP contribution < -0.4 is 9.47 Å². The summed E-state index contributed by atoms with van der Waals surface area (Å²) in [5.74, 6) is -0.259. The third-order valence-electron chi connectivity index (χ3n) is 7.57. The number of rotatable bonds is 14. The van der Waals surface area contributed by atoms with Crippen molar-refractivity contribution in [1.29, 1.82) is 0 Å². The summed E-state index contributed by atoms with van der Waals surface area (Å²) in [4.78, 5) is 34.7. The molecule has 0 aliphatic carbocycles. The maximum Gasteiger partial charge on any atom is 0.323 e. The van der Waals surface area contributed by atoms with E-state index in [4.69, 9.17) is 28.7 Å². The molecule has 1 aliphatic rings. The Balaban J connectivity index is 1.78. The summed E-state index contributed by atoms with van der Waals surface area (Å²) in [5, 5.41) is 0.845. The molecule has 3 aromatic rings. The molecule has 214 valence electrons. The Morgan fingerprint density at radius 3 is 2.55 bits per heavy atom. The lowest BCUT2D eigenvalue weighted by Gasteiger charge is -2.33. The summed E-state index contributed by atoms with van der Waals surface area (Å²) in [7, 11) is 3.09. The largest absolute Gasteiger partial charge is 0.496 e. The number of unbranched alkanes of at least 4 members (excludes halogenated alkanes) is 2. The van der Waals surface area contributed by atoms with Gasteiger partial charge in [0.2, 0.25) is 5.88 Å². The number of aromatic nitrogens is 2. The first-order valence-corrected chi connectivity index (χ1v) is 13.8. The van der Waals surface area contributed by atoms with E-state index in [-0.39, 0.29) is 6.61 Å². The molecule has 1 aromatic carbocycles. The van der Waals surface area contributed by atoms with E-state index in [0.717, 1.165) is 42.3 Å². The molecule has 0 bridgehead atoms. The van der Waals surface area contributed by atoms with Gasteiger partial charge in [-0.3, -0.25) is 14.6 Å². The molecule has 0 spiro atoms. The van der Waals surface area contributed by atoms with Crippen molar-refractivity contribution in [2.24, 2.45) is 0 Å². The number of ether oxygens (including phenoxy) is 5. The number of hydrogen-bond acceptors (Lipinski definition) is 9.